The second-order valence-electron chi connectivity index (χ2n) is 4.99. The van der Waals surface area contributed by atoms with Gasteiger partial charge in [-0.3, -0.25) is 0 Å². The molecule has 0 aromatic heterocycles. The highest BCUT2D eigenvalue weighted by Gasteiger charge is 2.22. The second-order valence-corrected chi connectivity index (χ2v) is 4.99. The largest absolute Gasteiger partial charge is 0.379 e. The number of anilines is 1. The van der Waals surface area contributed by atoms with Gasteiger partial charge in [0, 0.05) is 12.6 Å². The van der Waals surface area contributed by atoms with Crippen LogP contribution in [-0.2, 0) is 6.54 Å². The Morgan fingerprint density at radius 1 is 1.00 bits per heavy atom. The zero-order chi connectivity index (χ0) is 13.2. The van der Waals surface area contributed by atoms with Crippen molar-refractivity contribution in [2.24, 2.45) is 0 Å². The van der Waals surface area contributed by atoms with Crippen molar-refractivity contribution in [3.63, 3.8) is 0 Å². The lowest BCUT2D eigenvalue weighted by Crippen LogP contribution is -2.01. The maximum atomic E-state index is 13.4. The number of nitrogens with one attached hydrogen (secondary N) is 1. The van der Waals surface area contributed by atoms with Crippen LogP contribution in [0.5, 0.6) is 0 Å². The first-order valence-corrected chi connectivity index (χ1v) is 6.50. The van der Waals surface area contributed by atoms with Crippen LogP contribution in [-0.4, -0.2) is 0 Å². The Morgan fingerprint density at radius 2 is 1.74 bits per heavy atom. The molecule has 0 spiro atoms. The zero-order valence-corrected chi connectivity index (χ0v) is 10.5. The number of hydrogen-bond donors (Lipinski definition) is 1. The summed E-state index contributed by atoms with van der Waals surface area (Å²) in [6, 6.07) is 11.9. The van der Waals surface area contributed by atoms with E-state index in [-0.39, 0.29) is 0 Å². The van der Waals surface area contributed by atoms with E-state index in [1.807, 2.05) is 0 Å². The van der Waals surface area contributed by atoms with Gasteiger partial charge in [0.05, 0.1) is 5.69 Å². The standard InChI is InChI=1S/C16H15F2N/c17-14-7-8-16(15(18)9-14)19-10-11-1-3-12(4-2-11)13-5-6-13/h1-4,7-9,13,19H,5-6,10H2. The molecule has 1 aliphatic rings. The number of hydrogen-bond acceptors (Lipinski definition) is 1. The third-order valence-electron chi connectivity index (χ3n) is 3.44. The van der Waals surface area contributed by atoms with Gasteiger partial charge in [-0.15, -0.1) is 0 Å². The fourth-order valence-corrected chi connectivity index (χ4v) is 2.15. The van der Waals surface area contributed by atoms with E-state index in [4.69, 9.17) is 0 Å². The van der Waals surface area contributed by atoms with Gasteiger partial charge in [0.15, 0.2) is 0 Å². The zero-order valence-electron chi connectivity index (χ0n) is 10.5. The van der Waals surface area contributed by atoms with E-state index in [2.05, 4.69) is 29.6 Å². The normalized spacial score (nSPS) is 14.4. The molecule has 19 heavy (non-hydrogen) atoms. The van der Waals surface area contributed by atoms with Crippen molar-refractivity contribution < 1.29 is 8.78 Å². The molecular weight excluding hydrogens is 244 g/mol. The van der Waals surface area contributed by atoms with E-state index in [0.717, 1.165) is 17.5 Å². The van der Waals surface area contributed by atoms with E-state index in [1.54, 1.807) is 0 Å². The molecule has 1 fully saturated rings. The number of halogens is 2. The molecule has 0 atom stereocenters. The Kier molecular flexibility index (Phi) is 3.20. The van der Waals surface area contributed by atoms with Gasteiger partial charge in [-0.25, -0.2) is 8.78 Å². The van der Waals surface area contributed by atoms with Gasteiger partial charge in [0.25, 0.3) is 0 Å². The van der Waals surface area contributed by atoms with Crippen LogP contribution in [0.4, 0.5) is 14.5 Å². The van der Waals surface area contributed by atoms with Crippen LogP contribution < -0.4 is 5.32 Å². The van der Waals surface area contributed by atoms with Crippen molar-refractivity contribution in [3.05, 3.63) is 65.2 Å². The summed E-state index contributed by atoms with van der Waals surface area (Å²) in [4.78, 5) is 0. The number of rotatable bonds is 4. The molecule has 1 aliphatic carbocycles. The highest BCUT2D eigenvalue weighted by molar-refractivity contribution is 5.45. The predicted octanol–water partition coefficient (Wildman–Crippen LogP) is 4.45. The van der Waals surface area contributed by atoms with Gasteiger partial charge in [-0.05, 0) is 42.0 Å². The summed E-state index contributed by atoms with van der Waals surface area (Å²) >= 11 is 0. The molecule has 0 heterocycles. The average Bonchev–Trinajstić information content (AvgIpc) is 3.23. The lowest BCUT2D eigenvalue weighted by Gasteiger charge is -2.08. The summed E-state index contributed by atoms with van der Waals surface area (Å²) < 4.78 is 26.2. The van der Waals surface area contributed by atoms with Crippen LogP contribution >= 0.6 is 0 Å². The lowest BCUT2D eigenvalue weighted by atomic mass is 10.1. The third-order valence-corrected chi connectivity index (χ3v) is 3.44. The Labute approximate surface area is 111 Å². The second kappa shape index (κ2) is 5.00. The minimum Gasteiger partial charge on any atom is -0.379 e. The van der Waals surface area contributed by atoms with Gasteiger partial charge in [-0.1, -0.05) is 24.3 Å². The average molecular weight is 259 g/mol. The molecule has 1 saturated carbocycles. The molecule has 1 nitrogen and oxygen atoms in total. The van der Waals surface area contributed by atoms with E-state index in [0.29, 0.717) is 12.2 Å². The molecule has 2 aromatic rings. The highest BCUT2D eigenvalue weighted by Crippen LogP contribution is 2.39. The fourth-order valence-electron chi connectivity index (χ4n) is 2.15. The van der Waals surface area contributed by atoms with Gasteiger partial charge >= 0.3 is 0 Å². The topological polar surface area (TPSA) is 12.0 Å². The van der Waals surface area contributed by atoms with Crippen LogP contribution in [0.15, 0.2) is 42.5 Å². The van der Waals surface area contributed by atoms with E-state index in [9.17, 15) is 8.78 Å². The molecule has 2 aromatic carbocycles. The molecule has 0 saturated heterocycles. The van der Waals surface area contributed by atoms with Crippen molar-refractivity contribution in [1.29, 1.82) is 0 Å². The molecule has 3 rings (SSSR count). The number of benzene rings is 2. The SMILES string of the molecule is Fc1ccc(NCc2ccc(C3CC3)cc2)c(F)c1. The van der Waals surface area contributed by atoms with Crippen molar-refractivity contribution in [1.82, 2.24) is 0 Å². The summed E-state index contributed by atoms with van der Waals surface area (Å²) in [6.45, 7) is 0.535. The summed E-state index contributed by atoms with van der Waals surface area (Å²) in [7, 11) is 0. The van der Waals surface area contributed by atoms with Crippen LogP contribution in [0.1, 0.15) is 29.9 Å². The van der Waals surface area contributed by atoms with E-state index < -0.39 is 11.6 Å². The van der Waals surface area contributed by atoms with Crippen molar-refractivity contribution in [3.8, 4) is 0 Å². The molecule has 0 radical (unpaired) electrons. The Morgan fingerprint density at radius 3 is 2.37 bits per heavy atom. The van der Waals surface area contributed by atoms with Gasteiger partial charge in [0.2, 0.25) is 0 Å². The first-order chi connectivity index (χ1) is 9.22. The summed E-state index contributed by atoms with van der Waals surface area (Å²) in [5.41, 5.74) is 2.80. The molecular formula is C16H15F2N. The summed E-state index contributed by atoms with van der Waals surface area (Å²) in [6.07, 6.45) is 2.58. The Bertz CT molecular complexity index is 574. The van der Waals surface area contributed by atoms with Crippen LogP contribution in [0.2, 0.25) is 0 Å². The first kappa shape index (κ1) is 12.2. The summed E-state index contributed by atoms with van der Waals surface area (Å²) in [5.74, 6) is -0.372. The van der Waals surface area contributed by atoms with Crippen LogP contribution in [0, 0.1) is 11.6 Å². The van der Waals surface area contributed by atoms with Gasteiger partial charge in [-0.2, -0.15) is 0 Å². The summed E-state index contributed by atoms with van der Waals surface area (Å²) in [5, 5.41) is 2.98. The quantitative estimate of drug-likeness (QED) is 0.855. The molecule has 0 unspecified atom stereocenters. The van der Waals surface area contributed by atoms with Crippen molar-refractivity contribution in [2.75, 3.05) is 5.32 Å². The van der Waals surface area contributed by atoms with Crippen LogP contribution in [0.3, 0.4) is 0 Å². The predicted molar refractivity (Wildman–Crippen MR) is 72.1 cm³/mol. The maximum Gasteiger partial charge on any atom is 0.149 e. The Hall–Kier alpha value is -1.90. The smallest absolute Gasteiger partial charge is 0.149 e. The molecule has 0 aliphatic heterocycles. The minimum atomic E-state index is -0.561. The third kappa shape index (κ3) is 2.92. The molecule has 3 heteroatoms. The molecule has 0 amide bonds. The minimum absolute atomic E-state index is 0.327. The van der Waals surface area contributed by atoms with Gasteiger partial charge < -0.3 is 5.32 Å². The lowest BCUT2D eigenvalue weighted by molar-refractivity contribution is 0.585. The Balaban J connectivity index is 1.64. The fraction of sp³-hybridized carbons (Fsp3) is 0.250. The van der Waals surface area contributed by atoms with Gasteiger partial charge in [0.1, 0.15) is 11.6 Å². The monoisotopic (exact) mass is 259 g/mol. The molecule has 1 N–H and O–H groups in total. The first-order valence-electron chi connectivity index (χ1n) is 6.50. The maximum absolute atomic E-state index is 13.4. The van der Waals surface area contributed by atoms with E-state index >= 15 is 0 Å². The van der Waals surface area contributed by atoms with E-state index in [1.165, 1.54) is 30.5 Å². The van der Waals surface area contributed by atoms with Crippen molar-refractivity contribution in [2.45, 2.75) is 25.3 Å². The van der Waals surface area contributed by atoms with Crippen LogP contribution in [0.25, 0.3) is 0 Å². The highest BCUT2D eigenvalue weighted by atomic mass is 19.1. The molecule has 98 valence electrons. The molecule has 0 bridgehead atoms. The van der Waals surface area contributed by atoms with Crippen molar-refractivity contribution >= 4 is 5.69 Å².